The highest BCUT2D eigenvalue weighted by Gasteiger charge is 2.16. The van der Waals surface area contributed by atoms with E-state index in [1.165, 1.54) is 11.8 Å². The highest BCUT2D eigenvalue weighted by molar-refractivity contribution is 7.99. The number of thioether (sulfide) groups is 1. The summed E-state index contributed by atoms with van der Waals surface area (Å²) in [4.78, 5) is 33.3. The first-order valence-electron chi connectivity index (χ1n) is 10.4. The van der Waals surface area contributed by atoms with Crippen LogP contribution in [0.3, 0.4) is 0 Å². The lowest BCUT2D eigenvalue weighted by molar-refractivity contribution is -0.119. The van der Waals surface area contributed by atoms with Crippen molar-refractivity contribution in [3.63, 3.8) is 0 Å². The monoisotopic (exact) mass is 442 g/mol. The summed E-state index contributed by atoms with van der Waals surface area (Å²) in [5.41, 5.74) is 2.95. The Morgan fingerprint density at radius 3 is 2.61 bits per heavy atom. The normalized spacial score (nSPS) is 12.3. The number of hydrogen-bond donors (Lipinski definition) is 2. The number of benzene rings is 1. The van der Waals surface area contributed by atoms with Crippen LogP contribution in [0.4, 0.5) is 0 Å². The molecule has 3 aromatic rings. The molecule has 8 heteroatoms. The van der Waals surface area contributed by atoms with E-state index in [0.717, 1.165) is 23.4 Å². The van der Waals surface area contributed by atoms with Gasteiger partial charge in [0.25, 0.3) is 5.56 Å². The van der Waals surface area contributed by atoms with E-state index in [4.69, 9.17) is 4.74 Å². The standard InChI is InChI=1S/C23H30N4O3S/c1-14(2)10-11-27-22(29)21-19(12-15(3)24-21)26-23(27)31-13-20(28)25-16(4)17-6-8-18(30-5)9-7-17/h6-9,12,14,16,24H,10-11,13H2,1-5H3,(H,25,28)/t16-/m0/s1. The minimum atomic E-state index is -0.134. The molecule has 31 heavy (non-hydrogen) atoms. The van der Waals surface area contributed by atoms with Gasteiger partial charge in [-0.15, -0.1) is 0 Å². The van der Waals surface area contributed by atoms with Gasteiger partial charge in [-0.3, -0.25) is 14.2 Å². The molecule has 0 aliphatic rings. The van der Waals surface area contributed by atoms with Gasteiger partial charge in [0.05, 0.1) is 24.4 Å². The number of hydrogen-bond acceptors (Lipinski definition) is 5. The Morgan fingerprint density at radius 1 is 1.26 bits per heavy atom. The highest BCUT2D eigenvalue weighted by atomic mass is 32.2. The third kappa shape index (κ3) is 5.70. The van der Waals surface area contributed by atoms with Crippen molar-refractivity contribution in [1.82, 2.24) is 19.9 Å². The molecule has 2 N–H and O–H groups in total. The number of rotatable bonds is 9. The second-order valence-corrected chi connectivity index (χ2v) is 9.04. The number of H-pyrrole nitrogens is 1. The Hall–Kier alpha value is -2.74. The maximum absolute atomic E-state index is 13.0. The van der Waals surface area contributed by atoms with E-state index >= 15 is 0 Å². The molecule has 0 radical (unpaired) electrons. The molecule has 0 saturated carbocycles. The molecule has 166 valence electrons. The van der Waals surface area contributed by atoms with Gasteiger partial charge in [-0.2, -0.15) is 0 Å². The molecule has 0 aliphatic carbocycles. The molecule has 7 nitrogen and oxygen atoms in total. The Kier molecular flexibility index (Phi) is 7.43. The molecule has 0 bridgehead atoms. The zero-order valence-electron chi connectivity index (χ0n) is 18.7. The van der Waals surface area contributed by atoms with Crippen molar-refractivity contribution in [2.45, 2.75) is 51.9 Å². The van der Waals surface area contributed by atoms with Gasteiger partial charge >= 0.3 is 0 Å². The van der Waals surface area contributed by atoms with Gasteiger partial charge in [0.15, 0.2) is 5.16 Å². The van der Waals surface area contributed by atoms with Crippen molar-refractivity contribution in [3.05, 3.63) is 51.9 Å². The quantitative estimate of drug-likeness (QED) is 0.385. The fraction of sp³-hybridized carbons (Fsp3) is 0.435. The average molecular weight is 443 g/mol. The van der Waals surface area contributed by atoms with Gasteiger partial charge in [-0.1, -0.05) is 37.7 Å². The minimum absolute atomic E-state index is 0.0896. The SMILES string of the molecule is COc1ccc([C@H](C)NC(=O)CSc2nc3cc(C)[nH]c3c(=O)n2CCC(C)C)cc1. The van der Waals surface area contributed by atoms with Crippen molar-refractivity contribution in [2.75, 3.05) is 12.9 Å². The molecule has 0 unspecified atom stereocenters. The van der Waals surface area contributed by atoms with Gasteiger partial charge in [-0.05, 0) is 49.9 Å². The van der Waals surface area contributed by atoms with E-state index in [9.17, 15) is 9.59 Å². The van der Waals surface area contributed by atoms with E-state index in [2.05, 4.69) is 29.1 Å². The van der Waals surface area contributed by atoms with Crippen LogP contribution in [-0.2, 0) is 11.3 Å². The second kappa shape index (κ2) is 10.0. The topological polar surface area (TPSA) is 89.0 Å². The number of aromatic amines is 1. The van der Waals surface area contributed by atoms with Crippen molar-refractivity contribution in [3.8, 4) is 5.75 Å². The third-order valence-corrected chi connectivity index (χ3v) is 6.07. The molecule has 0 spiro atoms. The van der Waals surface area contributed by atoms with E-state index in [1.54, 1.807) is 11.7 Å². The van der Waals surface area contributed by atoms with Crippen LogP contribution in [0.1, 0.15) is 44.5 Å². The van der Waals surface area contributed by atoms with Gasteiger partial charge < -0.3 is 15.0 Å². The first-order chi connectivity index (χ1) is 14.8. The van der Waals surface area contributed by atoms with Gasteiger partial charge in [0, 0.05) is 12.2 Å². The first kappa shape index (κ1) is 22.9. The fourth-order valence-corrected chi connectivity index (χ4v) is 4.13. The summed E-state index contributed by atoms with van der Waals surface area (Å²) in [7, 11) is 1.62. The van der Waals surface area contributed by atoms with Crippen LogP contribution >= 0.6 is 11.8 Å². The second-order valence-electron chi connectivity index (χ2n) is 8.10. The van der Waals surface area contributed by atoms with Crippen LogP contribution in [0, 0.1) is 12.8 Å². The van der Waals surface area contributed by atoms with E-state index in [1.807, 2.05) is 44.2 Å². The average Bonchev–Trinajstić information content (AvgIpc) is 3.12. The number of fused-ring (bicyclic) bond motifs is 1. The van der Waals surface area contributed by atoms with Crippen LogP contribution in [0.5, 0.6) is 5.75 Å². The van der Waals surface area contributed by atoms with E-state index in [-0.39, 0.29) is 23.3 Å². The number of nitrogens with zero attached hydrogens (tertiary/aromatic N) is 2. The molecular weight excluding hydrogens is 412 g/mol. The number of carbonyl (C=O) groups excluding carboxylic acids is 1. The summed E-state index contributed by atoms with van der Waals surface area (Å²) in [5.74, 6) is 1.31. The van der Waals surface area contributed by atoms with Crippen LogP contribution in [0.2, 0.25) is 0 Å². The number of aromatic nitrogens is 3. The maximum atomic E-state index is 13.0. The van der Waals surface area contributed by atoms with Crippen molar-refractivity contribution < 1.29 is 9.53 Å². The summed E-state index contributed by atoms with van der Waals surface area (Å²) in [5, 5.41) is 3.58. The highest BCUT2D eigenvalue weighted by Crippen LogP contribution is 2.21. The minimum Gasteiger partial charge on any atom is -0.497 e. The van der Waals surface area contributed by atoms with Gasteiger partial charge in [0.2, 0.25) is 5.91 Å². The number of nitrogens with one attached hydrogen (secondary N) is 2. The predicted octanol–water partition coefficient (Wildman–Crippen LogP) is 4.06. The lowest BCUT2D eigenvalue weighted by Crippen LogP contribution is -2.29. The molecule has 1 amide bonds. The van der Waals surface area contributed by atoms with Gasteiger partial charge in [-0.25, -0.2) is 4.98 Å². The van der Waals surface area contributed by atoms with Crippen LogP contribution in [0.25, 0.3) is 11.0 Å². The first-order valence-corrected chi connectivity index (χ1v) is 11.4. The summed E-state index contributed by atoms with van der Waals surface area (Å²) in [6.07, 6.45) is 0.862. The smallest absolute Gasteiger partial charge is 0.278 e. The molecule has 0 saturated heterocycles. The number of methoxy groups -OCH3 is 1. The molecule has 0 fully saturated rings. The number of aryl methyl sites for hydroxylation is 1. The largest absolute Gasteiger partial charge is 0.497 e. The van der Waals surface area contributed by atoms with Crippen LogP contribution in [0.15, 0.2) is 40.3 Å². The lowest BCUT2D eigenvalue weighted by atomic mass is 10.1. The van der Waals surface area contributed by atoms with Crippen LogP contribution in [-0.4, -0.2) is 33.3 Å². The number of carbonyl (C=O) groups is 1. The fourth-order valence-electron chi connectivity index (χ4n) is 3.29. The summed E-state index contributed by atoms with van der Waals surface area (Å²) in [6.45, 7) is 8.66. The van der Waals surface area contributed by atoms with Gasteiger partial charge in [0.1, 0.15) is 11.3 Å². The summed E-state index contributed by atoms with van der Waals surface area (Å²) < 4.78 is 6.86. The zero-order valence-corrected chi connectivity index (χ0v) is 19.5. The third-order valence-electron chi connectivity index (χ3n) is 5.09. The lowest BCUT2D eigenvalue weighted by Gasteiger charge is -2.16. The van der Waals surface area contributed by atoms with E-state index < -0.39 is 0 Å². The van der Waals surface area contributed by atoms with Crippen molar-refractivity contribution in [2.24, 2.45) is 5.92 Å². The zero-order chi connectivity index (χ0) is 22.5. The summed E-state index contributed by atoms with van der Waals surface area (Å²) >= 11 is 1.29. The van der Waals surface area contributed by atoms with Crippen LogP contribution < -0.4 is 15.6 Å². The molecular formula is C23H30N4O3S. The summed E-state index contributed by atoms with van der Waals surface area (Å²) in [6, 6.07) is 9.34. The molecule has 1 aromatic carbocycles. The molecule has 2 heterocycles. The molecule has 3 rings (SSSR count). The molecule has 2 aromatic heterocycles. The Bertz CT molecular complexity index is 1100. The molecule has 0 aliphatic heterocycles. The Morgan fingerprint density at radius 2 is 1.97 bits per heavy atom. The van der Waals surface area contributed by atoms with Crippen molar-refractivity contribution in [1.29, 1.82) is 0 Å². The molecule has 1 atom stereocenters. The Labute approximate surface area is 186 Å². The number of amides is 1. The van der Waals surface area contributed by atoms with Crippen molar-refractivity contribution >= 4 is 28.7 Å². The predicted molar refractivity (Wildman–Crippen MR) is 125 cm³/mol. The number of ether oxygens (including phenoxy) is 1. The maximum Gasteiger partial charge on any atom is 0.278 e. The Balaban J connectivity index is 1.73. The van der Waals surface area contributed by atoms with E-state index in [0.29, 0.717) is 28.7 Å².